The van der Waals surface area contributed by atoms with Gasteiger partial charge in [-0.2, -0.15) is 0 Å². The SMILES string of the molecule is Cl.Nc1ccc(-c2cnc(N)c(-c3ccc(Cl)cc3)c2)cn1. The molecule has 0 unspecified atom stereocenters. The van der Waals surface area contributed by atoms with Gasteiger partial charge in [0.15, 0.2) is 0 Å². The van der Waals surface area contributed by atoms with Crippen LogP contribution in [0.25, 0.3) is 22.3 Å². The van der Waals surface area contributed by atoms with Crippen LogP contribution >= 0.6 is 24.0 Å². The Bertz CT molecular complexity index is 771. The van der Waals surface area contributed by atoms with Crippen molar-refractivity contribution in [3.05, 3.63) is 59.9 Å². The lowest BCUT2D eigenvalue weighted by molar-refractivity contribution is 1.31. The van der Waals surface area contributed by atoms with Gasteiger partial charge in [-0.05, 0) is 35.9 Å². The number of pyridine rings is 2. The first-order valence-electron chi connectivity index (χ1n) is 6.37. The highest BCUT2D eigenvalue weighted by molar-refractivity contribution is 6.30. The number of hydrogen-bond acceptors (Lipinski definition) is 4. The van der Waals surface area contributed by atoms with E-state index >= 15 is 0 Å². The number of nitrogens with two attached hydrogens (primary N) is 2. The molecule has 3 aromatic rings. The molecule has 0 aliphatic carbocycles. The van der Waals surface area contributed by atoms with Crippen LogP contribution in [0, 0.1) is 0 Å². The number of nitrogens with zero attached hydrogens (tertiary/aromatic N) is 2. The standard InChI is InChI=1S/C16H13ClN4.ClH/c17-13-4-1-10(2-5-13)14-7-12(9-21-16(14)19)11-3-6-15(18)20-8-11;/h1-9H,(H2,18,20)(H2,19,21);1H. The Labute approximate surface area is 139 Å². The van der Waals surface area contributed by atoms with Crippen LogP contribution in [0.4, 0.5) is 11.6 Å². The average Bonchev–Trinajstić information content (AvgIpc) is 2.50. The number of rotatable bonds is 2. The van der Waals surface area contributed by atoms with E-state index in [1.54, 1.807) is 18.5 Å². The fourth-order valence-corrected chi connectivity index (χ4v) is 2.20. The van der Waals surface area contributed by atoms with E-state index in [2.05, 4.69) is 9.97 Å². The van der Waals surface area contributed by atoms with Crippen LogP contribution in [0.5, 0.6) is 0 Å². The smallest absolute Gasteiger partial charge is 0.131 e. The number of anilines is 2. The molecule has 2 heterocycles. The summed E-state index contributed by atoms with van der Waals surface area (Å²) in [5, 5.41) is 0.684. The van der Waals surface area contributed by atoms with Gasteiger partial charge in [-0.1, -0.05) is 23.7 Å². The molecule has 1 aromatic carbocycles. The zero-order valence-corrected chi connectivity index (χ0v) is 13.1. The molecule has 0 atom stereocenters. The molecule has 112 valence electrons. The summed E-state index contributed by atoms with van der Waals surface area (Å²) in [6.45, 7) is 0. The zero-order valence-electron chi connectivity index (χ0n) is 11.5. The summed E-state index contributed by atoms with van der Waals surface area (Å²) in [6.07, 6.45) is 3.44. The van der Waals surface area contributed by atoms with E-state index in [1.165, 1.54) is 0 Å². The Kier molecular flexibility index (Phi) is 4.85. The van der Waals surface area contributed by atoms with E-state index in [0.29, 0.717) is 16.7 Å². The van der Waals surface area contributed by atoms with Crippen LogP contribution in [0.2, 0.25) is 5.02 Å². The zero-order chi connectivity index (χ0) is 14.8. The molecule has 0 fully saturated rings. The van der Waals surface area contributed by atoms with Crippen LogP contribution in [-0.4, -0.2) is 9.97 Å². The molecular weight excluding hydrogens is 319 g/mol. The van der Waals surface area contributed by atoms with E-state index < -0.39 is 0 Å². The Morgan fingerprint density at radius 2 is 1.41 bits per heavy atom. The van der Waals surface area contributed by atoms with Crippen LogP contribution < -0.4 is 11.5 Å². The minimum absolute atomic E-state index is 0. The first-order valence-corrected chi connectivity index (χ1v) is 6.74. The van der Waals surface area contributed by atoms with Gasteiger partial charge in [0.25, 0.3) is 0 Å². The molecule has 2 aromatic heterocycles. The lowest BCUT2D eigenvalue weighted by Gasteiger charge is -2.08. The summed E-state index contributed by atoms with van der Waals surface area (Å²) in [5.41, 5.74) is 15.3. The Balaban J connectivity index is 0.00000176. The van der Waals surface area contributed by atoms with Crippen molar-refractivity contribution >= 4 is 35.6 Å². The molecule has 0 saturated carbocycles. The number of benzene rings is 1. The first kappa shape index (κ1) is 16.1. The second kappa shape index (κ2) is 6.64. The van der Waals surface area contributed by atoms with Gasteiger partial charge in [-0.25, -0.2) is 9.97 Å². The maximum absolute atomic E-state index is 5.98. The Hall–Kier alpha value is -2.30. The van der Waals surface area contributed by atoms with Gasteiger partial charge in [0.05, 0.1) is 0 Å². The lowest BCUT2D eigenvalue weighted by atomic mass is 10.0. The van der Waals surface area contributed by atoms with E-state index in [9.17, 15) is 0 Å². The van der Waals surface area contributed by atoms with Crippen molar-refractivity contribution in [1.82, 2.24) is 9.97 Å². The van der Waals surface area contributed by atoms with Gasteiger partial charge in [-0.3, -0.25) is 0 Å². The lowest BCUT2D eigenvalue weighted by Crippen LogP contribution is -1.95. The molecule has 4 nitrogen and oxygen atoms in total. The minimum Gasteiger partial charge on any atom is -0.384 e. The highest BCUT2D eigenvalue weighted by Gasteiger charge is 2.07. The highest BCUT2D eigenvalue weighted by atomic mass is 35.5. The van der Waals surface area contributed by atoms with Crippen molar-refractivity contribution in [2.75, 3.05) is 11.5 Å². The van der Waals surface area contributed by atoms with E-state index in [4.69, 9.17) is 23.1 Å². The second-order valence-electron chi connectivity index (χ2n) is 4.64. The molecule has 0 radical (unpaired) electrons. The monoisotopic (exact) mass is 332 g/mol. The second-order valence-corrected chi connectivity index (χ2v) is 5.07. The molecule has 0 amide bonds. The maximum atomic E-state index is 5.98. The molecule has 6 heteroatoms. The van der Waals surface area contributed by atoms with E-state index in [-0.39, 0.29) is 12.4 Å². The van der Waals surface area contributed by atoms with Gasteiger partial charge in [0.2, 0.25) is 0 Å². The summed E-state index contributed by atoms with van der Waals surface area (Å²) < 4.78 is 0. The van der Waals surface area contributed by atoms with Gasteiger partial charge in [0, 0.05) is 34.1 Å². The summed E-state index contributed by atoms with van der Waals surface area (Å²) in [4.78, 5) is 8.36. The summed E-state index contributed by atoms with van der Waals surface area (Å²) in [5.74, 6) is 0.963. The van der Waals surface area contributed by atoms with Crippen molar-refractivity contribution in [2.24, 2.45) is 0 Å². The fourth-order valence-electron chi connectivity index (χ4n) is 2.07. The average molecular weight is 333 g/mol. The van der Waals surface area contributed by atoms with Gasteiger partial charge < -0.3 is 11.5 Å². The topological polar surface area (TPSA) is 77.8 Å². The van der Waals surface area contributed by atoms with Crippen molar-refractivity contribution < 1.29 is 0 Å². The molecular formula is C16H14Cl2N4. The molecule has 0 bridgehead atoms. The summed E-state index contributed by atoms with van der Waals surface area (Å²) in [7, 11) is 0. The molecule has 4 N–H and O–H groups in total. The molecule has 0 aliphatic heterocycles. The Morgan fingerprint density at radius 3 is 2.05 bits per heavy atom. The van der Waals surface area contributed by atoms with Gasteiger partial charge in [-0.15, -0.1) is 12.4 Å². The number of aromatic nitrogens is 2. The van der Waals surface area contributed by atoms with Crippen molar-refractivity contribution in [3.63, 3.8) is 0 Å². The van der Waals surface area contributed by atoms with Gasteiger partial charge in [0.1, 0.15) is 11.6 Å². The maximum Gasteiger partial charge on any atom is 0.131 e. The molecule has 0 aliphatic rings. The minimum atomic E-state index is 0. The van der Waals surface area contributed by atoms with Crippen LogP contribution in [0.1, 0.15) is 0 Å². The summed E-state index contributed by atoms with van der Waals surface area (Å²) in [6, 6.07) is 13.1. The largest absolute Gasteiger partial charge is 0.384 e. The van der Waals surface area contributed by atoms with Crippen LogP contribution in [0.3, 0.4) is 0 Å². The third kappa shape index (κ3) is 3.30. The predicted molar refractivity (Wildman–Crippen MR) is 94.0 cm³/mol. The predicted octanol–water partition coefficient (Wildman–Crippen LogP) is 4.05. The van der Waals surface area contributed by atoms with E-state index in [0.717, 1.165) is 22.3 Å². The number of hydrogen-bond donors (Lipinski definition) is 2. The van der Waals surface area contributed by atoms with Crippen molar-refractivity contribution in [1.29, 1.82) is 0 Å². The summed E-state index contributed by atoms with van der Waals surface area (Å²) >= 11 is 5.91. The quantitative estimate of drug-likeness (QED) is 0.742. The molecule has 0 spiro atoms. The normalized spacial score (nSPS) is 10.0. The molecule has 3 rings (SSSR count). The highest BCUT2D eigenvalue weighted by Crippen LogP contribution is 2.30. The van der Waals surface area contributed by atoms with E-state index in [1.807, 2.05) is 36.4 Å². The number of nitrogen functional groups attached to an aromatic ring is 2. The van der Waals surface area contributed by atoms with Crippen molar-refractivity contribution in [2.45, 2.75) is 0 Å². The van der Waals surface area contributed by atoms with Crippen LogP contribution in [0.15, 0.2) is 54.9 Å². The molecule has 0 saturated heterocycles. The fraction of sp³-hybridized carbons (Fsp3) is 0. The third-order valence-electron chi connectivity index (χ3n) is 3.19. The van der Waals surface area contributed by atoms with Gasteiger partial charge >= 0.3 is 0 Å². The van der Waals surface area contributed by atoms with Crippen molar-refractivity contribution in [3.8, 4) is 22.3 Å². The first-order chi connectivity index (χ1) is 10.1. The third-order valence-corrected chi connectivity index (χ3v) is 3.45. The Morgan fingerprint density at radius 1 is 0.773 bits per heavy atom. The molecule has 22 heavy (non-hydrogen) atoms. The number of halogens is 2. The van der Waals surface area contributed by atoms with Crippen LogP contribution in [-0.2, 0) is 0 Å².